The summed E-state index contributed by atoms with van der Waals surface area (Å²) in [5, 5.41) is 15.4. The van der Waals surface area contributed by atoms with Gasteiger partial charge in [0.15, 0.2) is 0 Å². The third kappa shape index (κ3) is 5.73. The van der Waals surface area contributed by atoms with Crippen LogP contribution in [0, 0.1) is 0 Å². The van der Waals surface area contributed by atoms with Gasteiger partial charge < -0.3 is 20.5 Å². The molecule has 2 amide bonds. The van der Waals surface area contributed by atoms with Crippen molar-refractivity contribution in [3.8, 4) is 0 Å². The number of nitrogens with zero attached hydrogens (tertiary/aromatic N) is 1. The number of carbonyl (C=O) groups excluding carboxylic acids is 2. The van der Waals surface area contributed by atoms with Crippen molar-refractivity contribution in [1.29, 1.82) is 0 Å². The monoisotopic (exact) mass is 395 g/mol. The lowest BCUT2D eigenvalue weighted by Gasteiger charge is -2.31. The molecule has 2 aromatic rings. The van der Waals surface area contributed by atoms with Crippen LogP contribution in [0.1, 0.15) is 35.3 Å². The molecule has 29 heavy (non-hydrogen) atoms. The van der Waals surface area contributed by atoms with Crippen LogP contribution in [-0.4, -0.2) is 46.8 Å². The van der Waals surface area contributed by atoms with E-state index in [-0.39, 0.29) is 30.9 Å². The predicted molar refractivity (Wildman–Crippen MR) is 108 cm³/mol. The Labute approximate surface area is 169 Å². The van der Waals surface area contributed by atoms with Crippen LogP contribution >= 0.6 is 0 Å². The lowest BCUT2D eigenvalue weighted by molar-refractivity contribution is -0.126. The Bertz CT molecular complexity index is 842. The summed E-state index contributed by atoms with van der Waals surface area (Å²) in [6, 6.07) is 12.4. The maximum atomic E-state index is 12.4. The van der Waals surface area contributed by atoms with Gasteiger partial charge in [-0.2, -0.15) is 0 Å². The zero-order chi connectivity index (χ0) is 20.6. The third-order valence-corrected chi connectivity index (χ3v) is 4.75. The summed E-state index contributed by atoms with van der Waals surface area (Å²) < 4.78 is 5.81. The van der Waals surface area contributed by atoms with Gasteiger partial charge in [0.2, 0.25) is 5.91 Å². The van der Waals surface area contributed by atoms with Crippen molar-refractivity contribution >= 4 is 11.8 Å². The van der Waals surface area contributed by atoms with Gasteiger partial charge in [-0.05, 0) is 24.6 Å². The summed E-state index contributed by atoms with van der Waals surface area (Å²) >= 11 is 0. The van der Waals surface area contributed by atoms with Gasteiger partial charge >= 0.3 is 0 Å². The molecule has 0 radical (unpaired) electrons. The van der Waals surface area contributed by atoms with Crippen molar-refractivity contribution in [3.05, 3.63) is 78.1 Å². The lowest BCUT2D eigenvalue weighted by Crippen LogP contribution is -2.49. The van der Waals surface area contributed by atoms with E-state index in [4.69, 9.17) is 4.74 Å². The van der Waals surface area contributed by atoms with E-state index < -0.39 is 18.2 Å². The van der Waals surface area contributed by atoms with Crippen LogP contribution in [0.3, 0.4) is 0 Å². The maximum Gasteiger partial charge on any atom is 0.253 e. The average Bonchev–Trinajstić information content (AvgIpc) is 2.75. The number of carbonyl (C=O) groups is 2. The highest BCUT2D eigenvalue weighted by Crippen LogP contribution is 2.17. The number of pyridine rings is 1. The molecule has 1 aromatic carbocycles. The Morgan fingerprint density at radius 2 is 1.97 bits per heavy atom. The molecule has 7 nitrogen and oxygen atoms in total. The van der Waals surface area contributed by atoms with Crippen molar-refractivity contribution in [1.82, 2.24) is 15.6 Å². The maximum absolute atomic E-state index is 12.4. The van der Waals surface area contributed by atoms with Crippen molar-refractivity contribution in [3.63, 3.8) is 0 Å². The van der Waals surface area contributed by atoms with Crippen LogP contribution in [0.15, 0.2) is 67.0 Å². The molecule has 1 aliphatic rings. The number of hydrogen-bond donors (Lipinski definition) is 3. The van der Waals surface area contributed by atoms with Gasteiger partial charge in [0.1, 0.15) is 6.10 Å². The van der Waals surface area contributed by atoms with E-state index in [1.54, 1.807) is 30.5 Å². The molecule has 4 atom stereocenters. The molecule has 0 saturated heterocycles. The van der Waals surface area contributed by atoms with Gasteiger partial charge in [0.25, 0.3) is 5.91 Å². The number of nitrogens with one attached hydrogen (secondary N) is 2. The highest BCUT2D eigenvalue weighted by molar-refractivity contribution is 5.94. The smallest absolute Gasteiger partial charge is 0.253 e. The minimum atomic E-state index is -0.634. The average molecular weight is 395 g/mol. The number of amides is 2. The molecular formula is C22H25N3O4. The van der Waals surface area contributed by atoms with Crippen molar-refractivity contribution in [2.24, 2.45) is 0 Å². The molecule has 2 heterocycles. The summed E-state index contributed by atoms with van der Waals surface area (Å²) in [4.78, 5) is 28.6. The first-order valence-electron chi connectivity index (χ1n) is 9.56. The molecule has 1 aromatic heterocycles. The number of benzene rings is 1. The second kappa shape index (κ2) is 9.95. The summed E-state index contributed by atoms with van der Waals surface area (Å²) in [6.07, 6.45) is 5.59. The first-order chi connectivity index (χ1) is 14.1. The van der Waals surface area contributed by atoms with Crippen molar-refractivity contribution < 1.29 is 19.4 Å². The number of aromatic nitrogens is 1. The van der Waals surface area contributed by atoms with E-state index in [1.165, 1.54) is 6.20 Å². The Morgan fingerprint density at radius 1 is 1.17 bits per heavy atom. The molecule has 0 bridgehead atoms. The SMILES string of the molecule is C[C@H](NC(=O)C[C@H]1C=C[C@H](NC(=O)c2cccnc2)[C@H](CO)O1)c1ccccc1. The second-order valence-electron chi connectivity index (χ2n) is 6.93. The van der Waals surface area contributed by atoms with Gasteiger partial charge in [-0.25, -0.2) is 0 Å². The summed E-state index contributed by atoms with van der Waals surface area (Å²) in [7, 11) is 0. The number of rotatable bonds is 7. The number of aliphatic hydroxyl groups is 1. The fourth-order valence-corrected chi connectivity index (χ4v) is 3.18. The van der Waals surface area contributed by atoms with Crippen LogP contribution in [0.4, 0.5) is 0 Å². The molecule has 7 heteroatoms. The molecule has 0 spiro atoms. The van der Waals surface area contributed by atoms with E-state index >= 15 is 0 Å². The molecule has 0 unspecified atom stereocenters. The Morgan fingerprint density at radius 3 is 2.66 bits per heavy atom. The zero-order valence-electron chi connectivity index (χ0n) is 16.2. The Kier molecular flexibility index (Phi) is 7.10. The molecule has 152 valence electrons. The lowest BCUT2D eigenvalue weighted by atomic mass is 10.0. The van der Waals surface area contributed by atoms with Crippen LogP contribution in [-0.2, 0) is 9.53 Å². The van der Waals surface area contributed by atoms with Gasteiger partial charge in [-0.15, -0.1) is 0 Å². The van der Waals surface area contributed by atoms with Crippen LogP contribution in [0.25, 0.3) is 0 Å². The van der Waals surface area contributed by atoms with Crippen molar-refractivity contribution in [2.75, 3.05) is 6.61 Å². The minimum Gasteiger partial charge on any atom is -0.394 e. The number of hydrogen-bond acceptors (Lipinski definition) is 5. The topological polar surface area (TPSA) is 101 Å². The molecule has 0 saturated carbocycles. The van der Waals surface area contributed by atoms with E-state index in [2.05, 4.69) is 15.6 Å². The van der Waals surface area contributed by atoms with Crippen LogP contribution in [0.5, 0.6) is 0 Å². The first kappa shape index (κ1) is 20.7. The zero-order valence-corrected chi connectivity index (χ0v) is 16.2. The summed E-state index contributed by atoms with van der Waals surface area (Å²) in [5.41, 5.74) is 1.45. The van der Waals surface area contributed by atoms with E-state index in [0.717, 1.165) is 5.56 Å². The quantitative estimate of drug-likeness (QED) is 0.621. The molecular weight excluding hydrogens is 370 g/mol. The molecule has 0 aliphatic carbocycles. The highest BCUT2D eigenvalue weighted by Gasteiger charge is 2.29. The first-order valence-corrected chi connectivity index (χ1v) is 9.56. The summed E-state index contributed by atoms with van der Waals surface area (Å²) in [6.45, 7) is 1.65. The van der Waals surface area contributed by atoms with Gasteiger partial charge in [0, 0.05) is 12.4 Å². The van der Waals surface area contributed by atoms with E-state index in [0.29, 0.717) is 5.56 Å². The number of aliphatic hydroxyl groups excluding tert-OH is 1. The van der Waals surface area contributed by atoms with E-state index in [1.807, 2.05) is 37.3 Å². The van der Waals surface area contributed by atoms with Crippen LogP contribution < -0.4 is 10.6 Å². The van der Waals surface area contributed by atoms with Crippen LogP contribution in [0.2, 0.25) is 0 Å². The molecule has 1 aliphatic heterocycles. The van der Waals surface area contributed by atoms with Gasteiger partial charge in [0.05, 0.1) is 36.8 Å². The molecule has 0 fully saturated rings. The number of ether oxygens (including phenoxy) is 1. The third-order valence-electron chi connectivity index (χ3n) is 4.75. The fraction of sp³-hybridized carbons (Fsp3) is 0.318. The second-order valence-corrected chi connectivity index (χ2v) is 6.93. The normalized spacial score (nSPS) is 21.9. The predicted octanol–water partition coefficient (Wildman–Crippen LogP) is 1.76. The standard InChI is InChI=1S/C22H25N3O4/c1-15(16-6-3-2-4-7-16)24-21(27)12-18-9-10-19(20(14-26)29-18)25-22(28)17-8-5-11-23-13-17/h2-11,13,15,18-20,26H,12,14H2,1H3,(H,24,27)(H,25,28)/t15-,18+,19-,20-/m0/s1. The molecule has 3 rings (SSSR count). The Hall–Kier alpha value is -3.03. The summed E-state index contributed by atoms with van der Waals surface area (Å²) in [5.74, 6) is -0.451. The molecule has 3 N–H and O–H groups in total. The minimum absolute atomic E-state index is 0.114. The van der Waals surface area contributed by atoms with Gasteiger partial charge in [-0.1, -0.05) is 42.5 Å². The Balaban J connectivity index is 1.55. The van der Waals surface area contributed by atoms with Crippen molar-refractivity contribution in [2.45, 2.75) is 37.6 Å². The highest BCUT2D eigenvalue weighted by atomic mass is 16.5. The van der Waals surface area contributed by atoms with E-state index in [9.17, 15) is 14.7 Å². The largest absolute Gasteiger partial charge is 0.394 e. The fourth-order valence-electron chi connectivity index (χ4n) is 3.18. The van der Waals surface area contributed by atoms with Gasteiger partial charge in [-0.3, -0.25) is 14.6 Å².